The second-order valence-corrected chi connectivity index (χ2v) is 9.81. The van der Waals surface area contributed by atoms with Crippen molar-refractivity contribution in [2.24, 2.45) is 0 Å². The van der Waals surface area contributed by atoms with Gasteiger partial charge in [-0.05, 0) is 37.0 Å². The fourth-order valence-electron chi connectivity index (χ4n) is 3.47. The molecule has 0 bridgehead atoms. The quantitative estimate of drug-likeness (QED) is 0.317. The summed E-state index contributed by atoms with van der Waals surface area (Å²) >= 11 is 4.26. The van der Waals surface area contributed by atoms with Crippen LogP contribution in [0.4, 0.5) is 10.9 Å². The van der Waals surface area contributed by atoms with Crippen LogP contribution >= 0.6 is 34.4 Å². The Morgan fingerprint density at radius 3 is 2.77 bits per heavy atom. The lowest BCUT2D eigenvalue weighted by atomic mass is 10.1. The number of aromatic nitrogens is 3. The molecular weight excluding hydrogens is 450 g/mol. The van der Waals surface area contributed by atoms with Crippen molar-refractivity contribution in [3.8, 4) is 0 Å². The molecule has 3 heterocycles. The second-order valence-electron chi connectivity index (χ2n) is 6.89. The molecule has 7 nitrogen and oxygen atoms in total. The molecule has 0 spiro atoms. The van der Waals surface area contributed by atoms with Crippen LogP contribution in [0.25, 0.3) is 10.2 Å². The third-order valence-electron chi connectivity index (χ3n) is 4.82. The van der Waals surface area contributed by atoms with Crippen molar-refractivity contribution in [1.29, 1.82) is 0 Å². The van der Waals surface area contributed by atoms with Crippen LogP contribution in [-0.2, 0) is 17.6 Å². The molecule has 0 saturated carbocycles. The van der Waals surface area contributed by atoms with E-state index >= 15 is 0 Å². The molecule has 1 aliphatic rings. The SMILES string of the molecule is O=C(CSc1nc(NC(=O)c2ccccc2)c2c3c(sc2n1)CCC3)Nc1nccs1. The zero-order valence-electron chi connectivity index (χ0n) is 16.3. The summed E-state index contributed by atoms with van der Waals surface area (Å²) in [7, 11) is 0. The Labute approximate surface area is 190 Å². The second kappa shape index (κ2) is 8.74. The monoisotopic (exact) mass is 467 g/mol. The standard InChI is InChI=1S/C21H17N5O2S3/c27-15(23-20-22-9-10-29-20)11-30-21-25-17(24-18(28)12-5-2-1-3-6-12)16-13-7-4-8-14(13)31-19(16)26-21/h1-3,5-6,9-10H,4,7-8,11H2,(H,22,23,27)(H,24,25,26,28). The highest BCUT2D eigenvalue weighted by molar-refractivity contribution is 7.99. The van der Waals surface area contributed by atoms with E-state index in [1.807, 2.05) is 18.2 Å². The molecule has 1 aromatic carbocycles. The van der Waals surface area contributed by atoms with Gasteiger partial charge >= 0.3 is 0 Å². The van der Waals surface area contributed by atoms with Crippen LogP contribution in [0.2, 0.25) is 0 Å². The van der Waals surface area contributed by atoms with Crippen molar-refractivity contribution in [2.75, 3.05) is 16.4 Å². The number of aryl methyl sites for hydroxylation is 2. The molecule has 31 heavy (non-hydrogen) atoms. The largest absolute Gasteiger partial charge is 0.306 e. The number of amides is 2. The summed E-state index contributed by atoms with van der Waals surface area (Å²) < 4.78 is 0. The molecule has 10 heteroatoms. The third-order valence-corrected chi connectivity index (χ3v) is 7.54. The predicted molar refractivity (Wildman–Crippen MR) is 125 cm³/mol. The first kappa shape index (κ1) is 20.1. The first-order valence-electron chi connectivity index (χ1n) is 9.68. The Bertz CT molecular complexity index is 1260. The van der Waals surface area contributed by atoms with E-state index in [0.29, 0.717) is 21.7 Å². The zero-order valence-corrected chi connectivity index (χ0v) is 18.7. The van der Waals surface area contributed by atoms with Gasteiger partial charge in [-0.2, -0.15) is 0 Å². The molecule has 0 unspecified atom stereocenters. The maximum Gasteiger partial charge on any atom is 0.256 e. The van der Waals surface area contributed by atoms with Gasteiger partial charge in [-0.25, -0.2) is 15.0 Å². The van der Waals surface area contributed by atoms with E-state index in [4.69, 9.17) is 0 Å². The van der Waals surface area contributed by atoms with Gasteiger partial charge in [0.05, 0.1) is 11.1 Å². The zero-order chi connectivity index (χ0) is 21.2. The van der Waals surface area contributed by atoms with E-state index in [-0.39, 0.29) is 17.6 Å². The molecular formula is C21H17N5O2S3. The normalized spacial score (nSPS) is 12.6. The van der Waals surface area contributed by atoms with E-state index in [1.54, 1.807) is 35.0 Å². The Morgan fingerprint density at radius 2 is 1.97 bits per heavy atom. The highest BCUT2D eigenvalue weighted by Crippen LogP contribution is 2.40. The number of thiazole rings is 1. The molecule has 2 amide bonds. The molecule has 3 aromatic heterocycles. The Balaban J connectivity index is 1.42. The number of thiophene rings is 1. The molecule has 0 fully saturated rings. The third kappa shape index (κ3) is 4.32. The van der Waals surface area contributed by atoms with E-state index in [2.05, 4.69) is 25.6 Å². The van der Waals surface area contributed by atoms with Crippen LogP contribution in [0.3, 0.4) is 0 Å². The molecule has 4 aromatic rings. The van der Waals surface area contributed by atoms with Crippen LogP contribution in [0, 0.1) is 0 Å². The molecule has 5 rings (SSSR count). The summed E-state index contributed by atoms with van der Waals surface area (Å²) in [6.45, 7) is 0. The molecule has 1 aliphatic carbocycles. The smallest absolute Gasteiger partial charge is 0.256 e. The van der Waals surface area contributed by atoms with Gasteiger partial charge in [-0.1, -0.05) is 30.0 Å². The number of carbonyl (C=O) groups is 2. The van der Waals surface area contributed by atoms with Gasteiger partial charge in [0.1, 0.15) is 10.6 Å². The predicted octanol–water partition coefficient (Wildman–Crippen LogP) is 4.62. The van der Waals surface area contributed by atoms with Crippen molar-refractivity contribution >= 4 is 67.4 Å². The fraction of sp³-hybridized carbons (Fsp3) is 0.190. The summed E-state index contributed by atoms with van der Waals surface area (Å²) in [5.41, 5.74) is 1.81. The summed E-state index contributed by atoms with van der Waals surface area (Å²) in [5.74, 6) is 0.284. The average Bonchev–Trinajstić information content (AvgIpc) is 3.50. The highest BCUT2D eigenvalue weighted by atomic mass is 32.2. The van der Waals surface area contributed by atoms with Gasteiger partial charge in [0.25, 0.3) is 5.91 Å². The van der Waals surface area contributed by atoms with Crippen molar-refractivity contribution in [3.05, 3.63) is 57.9 Å². The minimum Gasteiger partial charge on any atom is -0.306 e. The number of nitrogens with zero attached hydrogens (tertiary/aromatic N) is 3. The number of benzene rings is 1. The maximum atomic E-state index is 12.8. The lowest BCUT2D eigenvalue weighted by Gasteiger charge is -2.09. The Hall–Kier alpha value is -2.82. The first-order valence-corrected chi connectivity index (χ1v) is 12.4. The number of rotatable bonds is 6. The molecule has 0 atom stereocenters. The van der Waals surface area contributed by atoms with Gasteiger partial charge in [-0.15, -0.1) is 22.7 Å². The van der Waals surface area contributed by atoms with E-state index < -0.39 is 0 Å². The van der Waals surface area contributed by atoms with Crippen LogP contribution in [0.15, 0.2) is 47.1 Å². The molecule has 0 saturated heterocycles. The minimum atomic E-state index is -0.212. The van der Waals surface area contributed by atoms with Gasteiger partial charge in [0, 0.05) is 22.0 Å². The summed E-state index contributed by atoms with van der Waals surface area (Å²) in [5, 5.41) is 9.49. The average molecular weight is 468 g/mol. The number of fused-ring (bicyclic) bond motifs is 3. The van der Waals surface area contributed by atoms with Gasteiger partial charge in [-0.3, -0.25) is 9.59 Å². The minimum absolute atomic E-state index is 0.155. The number of hydrogen-bond acceptors (Lipinski definition) is 8. The Kier molecular flexibility index (Phi) is 5.66. The van der Waals surface area contributed by atoms with E-state index in [9.17, 15) is 9.59 Å². The van der Waals surface area contributed by atoms with Crippen molar-refractivity contribution in [3.63, 3.8) is 0 Å². The van der Waals surface area contributed by atoms with Crippen LogP contribution in [0.5, 0.6) is 0 Å². The fourth-order valence-corrected chi connectivity index (χ4v) is 5.98. The van der Waals surface area contributed by atoms with E-state index in [1.165, 1.54) is 33.5 Å². The first-order chi connectivity index (χ1) is 15.2. The van der Waals surface area contributed by atoms with Gasteiger partial charge in [0.2, 0.25) is 5.91 Å². The van der Waals surface area contributed by atoms with Gasteiger partial charge in [0.15, 0.2) is 10.3 Å². The maximum absolute atomic E-state index is 12.8. The molecule has 2 N–H and O–H groups in total. The van der Waals surface area contributed by atoms with Crippen molar-refractivity contribution < 1.29 is 9.59 Å². The van der Waals surface area contributed by atoms with Crippen LogP contribution in [-0.4, -0.2) is 32.5 Å². The highest BCUT2D eigenvalue weighted by Gasteiger charge is 2.24. The lowest BCUT2D eigenvalue weighted by molar-refractivity contribution is -0.113. The van der Waals surface area contributed by atoms with Crippen LogP contribution in [0.1, 0.15) is 27.2 Å². The summed E-state index contributed by atoms with van der Waals surface area (Å²) in [4.78, 5) is 40.5. The number of carbonyl (C=O) groups excluding carboxylic acids is 2. The summed E-state index contributed by atoms with van der Waals surface area (Å²) in [6.07, 6.45) is 4.75. The van der Waals surface area contributed by atoms with Crippen LogP contribution < -0.4 is 10.6 Å². The van der Waals surface area contributed by atoms with Crippen molar-refractivity contribution in [2.45, 2.75) is 24.4 Å². The van der Waals surface area contributed by atoms with E-state index in [0.717, 1.165) is 29.5 Å². The molecule has 0 aliphatic heterocycles. The molecule has 156 valence electrons. The summed E-state index contributed by atoms with van der Waals surface area (Å²) in [6, 6.07) is 9.07. The van der Waals surface area contributed by atoms with Gasteiger partial charge < -0.3 is 10.6 Å². The molecule has 0 radical (unpaired) electrons. The number of thioether (sulfide) groups is 1. The topological polar surface area (TPSA) is 96.9 Å². The van der Waals surface area contributed by atoms with Crippen molar-refractivity contribution in [1.82, 2.24) is 15.0 Å². The number of hydrogen-bond donors (Lipinski definition) is 2. The lowest BCUT2D eigenvalue weighted by Crippen LogP contribution is -2.15. The number of nitrogens with one attached hydrogen (secondary N) is 2. The number of anilines is 2. The Morgan fingerprint density at radius 1 is 1.10 bits per heavy atom.